The third kappa shape index (κ3) is 2.69. The molecule has 1 aromatic carbocycles. The van der Waals surface area contributed by atoms with Crippen LogP contribution in [0.15, 0.2) is 29.0 Å². The van der Waals surface area contributed by atoms with Crippen molar-refractivity contribution in [3.63, 3.8) is 0 Å². The first-order valence-corrected chi connectivity index (χ1v) is 7.62. The maximum absolute atomic E-state index is 12.5. The normalized spacial score (nSPS) is 10.5. The molecule has 0 aliphatic carbocycles. The first-order valence-electron chi connectivity index (χ1n) is 6.82. The Kier molecular flexibility index (Phi) is 3.84. The van der Waals surface area contributed by atoms with Crippen LogP contribution in [0, 0.1) is 25.2 Å². The van der Waals surface area contributed by atoms with E-state index in [2.05, 4.69) is 42.5 Å². The molecule has 0 aliphatic heterocycles. The van der Waals surface area contributed by atoms with Crippen LogP contribution in [0.3, 0.4) is 0 Å². The summed E-state index contributed by atoms with van der Waals surface area (Å²) < 4.78 is 0.687. The zero-order chi connectivity index (χ0) is 16.6. The van der Waals surface area contributed by atoms with Crippen molar-refractivity contribution in [3.8, 4) is 6.07 Å². The number of nitrogens with one attached hydrogen (secondary N) is 2. The number of halogens is 1. The van der Waals surface area contributed by atoms with E-state index in [1.54, 1.807) is 19.9 Å². The zero-order valence-corrected chi connectivity index (χ0v) is 14.0. The summed E-state index contributed by atoms with van der Waals surface area (Å²) in [5.41, 5.74) is 3.77. The quantitative estimate of drug-likeness (QED) is 0.722. The number of nitriles is 1. The molecule has 0 fully saturated rings. The van der Waals surface area contributed by atoms with Crippen molar-refractivity contribution in [3.05, 3.63) is 51.4 Å². The van der Waals surface area contributed by atoms with Crippen molar-refractivity contribution in [2.45, 2.75) is 13.8 Å². The van der Waals surface area contributed by atoms with Gasteiger partial charge in [-0.1, -0.05) is 0 Å². The number of nitrogens with zero attached hydrogens (tertiary/aromatic N) is 3. The highest BCUT2D eigenvalue weighted by molar-refractivity contribution is 9.10. The van der Waals surface area contributed by atoms with Gasteiger partial charge in [0.1, 0.15) is 16.4 Å². The van der Waals surface area contributed by atoms with Crippen LogP contribution >= 0.6 is 15.9 Å². The summed E-state index contributed by atoms with van der Waals surface area (Å²) in [5, 5.41) is 19.6. The summed E-state index contributed by atoms with van der Waals surface area (Å²) in [6.07, 6.45) is 1.42. The molecule has 0 saturated heterocycles. The second-order valence-electron chi connectivity index (χ2n) is 5.11. The number of rotatable bonds is 2. The van der Waals surface area contributed by atoms with E-state index >= 15 is 0 Å². The molecule has 6 nitrogen and oxygen atoms in total. The van der Waals surface area contributed by atoms with E-state index < -0.39 is 0 Å². The first kappa shape index (κ1) is 15.2. The molecule has 2 N–H and O–H groups in total. The molecule has 2 aromatic heterocycles. The molecule has 3 aromatic rings. The van der Waals surface area contributed by atoms with Gasteiger partial charge in [-0.3, -0.25) is 9.89 Å². The average Bonchev–Trinajstić information content (AvgIpc) is 2.91. The molecular formula is C16H12BrN5O. The van der Waals surface area contributed by atoms with Gasteiger partial charge in [-0.25, -0.2) is 4.98 Å². The lowest BCUT2D eigenvalue weighted by Gasteiger charge is -2.10. The molecule has 0 radical (unpaired) electrons. The van der Waals surface area contributed by atoms with E-state index in [9.17, 15) is 4.79 Å². The molecule has 0 unspecified atom stereocenters. The van der Waals surface area contributed by atoms with Gasteiger partial charge in [0.25, 0.3) is 5.91 Å². The van der Waals surface area contributed by atoms with E-state index in [-0.39, 0.29) is 5.91 Å². The fourth-order valence-corrected chi connectivity index (χ4v) is 2.71. The summed E-state index contributed by atoms with van der Waals surface area (Å²) >= 11 is 3.35. The van der Waals surface area contributed by atoms with Crippen molar-refractivity contribution in [1.29, 1.82) is 5.26 Å². The van der Waals surface area contributed by atoms with E-state index in [1.807, 2.05) is 12.1 Å². The highest BCUT2D eigenvalue weighted by atomic mass is 79.9. The van der Waals surface area contributed by atoms with Gasteiger partial charge in [0.2, 0.25) is 0 Å². The van der Waals surface area contributed by atoms with E-state index in [4.69, 9.17) is 5.26 Å². The molecule has 0 bridgehead atoms. The van der Waals surface area contributed by atoms with Crippen LogP contribution in [0.2, 0.25) is 0 Å². The molecule has 114 valence electrons. The lowest BCUT2D eigenvalue weighted by atomic mass is 10.0. The molecule has 0 atom stereocenters. The third-order valence-corrected chi connectivity index (χ3v) is 4.36. The van der Waals surface area contributed by atoms with Crippen molar-refractivity contribution < 1.29 is 4.79 Å². The van der Waals surface area contributed by atoms with Crippen molar-refractivity contribution in [2.24, 2.45) is 0 Å². The number of carbonyl (C=O) groups excluding carboxylic acids is 1. The summed E-state index contributed by atoms with van der Waals surface area (Å²) in [7, 11) is 0. The average molecular weight is 370 g/mol. The SMILES string of the molecule is Cc1c(C#N)cnc(C(=O)Nc2ccc3[nH]nc(Br)c3c2)c1C. The summed E-state index contributed by atoms with van der Waals surface area (Å²) in [6, 6.07) is 7.52. The second kappa shape index (κ2) is 5.82. The van der Waals surface area contributed by atoms with Gasteiger partial charge in [0.15, 0.2) is 0 Å². The summed E-state index contributed by atoms with van der Waals surface area (Å²) in [5.74, 6) is -0.311. The molecule has 3 rings (SSSR count). The van der Waals surface area contributed by atoms with Crippen molar-refractivity contribution in [1.82, 2.24) is 15.2 Å². The van der Waals surface area contributed by atoms with Gasteiger partial charge >= 0.3 is 0 Å². The number of pyridine rings is 1. The number of H-pyrrole nitrogens is 1. The Bertz CT molecular complexity index is 970. The largest absolute Gasteiger partial charge is 0.321 e. The number of benzene rings is 1. The highest BCUT2D eigenvalue weighted by Crippen LogP contribution is 2.24. The number of fused-ring (bicyclic) bond motifs is 1. The number of hydrogen-bond acceptors (Lipinski definition) is 4. The molecule has 7 heteroatoms. The van der Waals surface area contributed by atoms with Gasteiger partial charge in [0.05, 0.1) is 11.1 Å². The summed E-state index contributed by atoms with van der Waals surface area (Å²) in [6.45, 7) is 3.59. The van der Waals surface area contributed by atoms with Crippen LogP contribution in [0.5, 0.6) is 0 Å². The second-order valence-corrected chi connectivity index (χ2v) is 5.86. The van der Waals surface area contributed by atoms with E-state index in [0.29, 0.717) is 27.1 Å². The Balaban J connectivity index is 1.93. The number of aromatic amines is 1. The number of carbonyl (C=O) groups is 1. The van der Waals surface area contributed by atoms with E-state index in [1.165, 1.54) is 6.20 Å². The number of aromatic nitrogens is 3. The standard InChI is InChI=1S/C16H12BrN5O/c1-8-9(2)14(19-7-10(8)6-18)16(23)20-11-3-4-13-12(5-11)15(17)22-21-13/h3-5,7H,1-2H3,(H,20,23)(H,21,22). The Morgan fingerprint density at radius 3 is 2.87 bits per heavy atom. The molecule has 1 amide bonds. The fourth-order valence-electron chi connectivity index (χ4n) is 2.29. The molecule has 0 aliphatic rings. The Morgan fingerprint density at radius 2 is 2.13 bits per heavy atom. The van der Waals surface area contributed by atoms with Gasteiger partial charge in [-0.2, -0.15) is 10.4 Å². The molecule has 0 saturated carbocycles. The third-order valence-electron chi connectivity index (χ3n) is 3.75. The molecule has 2 heterocycles. The van der Waals surface area contributed by atoms with Gasteiger partial charge in [-0.15, -0.1) is 0 Å². The topological polar surface area (TPSA) is 94.5 Å². The van der Waals surface area contributed by atoms with Crippen LogP contribution in [-0.2, 0) is 0 Å². The highest BCUT2D eigenvalue weighted by Gasteiger charge is 2.15. The van der Waals surface area contributed by atoms with Crippen molar-refractivity contribution >= 4 is 38.4 Å². The van der Waals surface area contributed by atoms with Gasteiger partial charge in [-0.05, 0) is 59.1 Å². The van der Waals surface area contributed by atoms with Crippen LogP contribution in [0.25, 0.3) is 10.9 Å². The molecule has 23 heavy (non-hydrogen) atoms. The molecular weight excluding hydrogens is 358 g/mol. The minimum Gasteiger partial charge on any atom is -0.321 e. The molecule has 0 spiro atoms. The summed E-state index contributed by atoms with van der Waals surface area (Å²) in [4.78, 5) is 16.6. The van der Waals surface area contributed by atoms with Crippen molar-refractivity contribution in [2.75, 3.05) is 5.32 Å². The van der Waals surface area contributed by atoms with Crippen LogP contribution in [0.4, 0.5) is 5.69 Å². The predicted molar refractivity (Wildman–Crippen MR) is 90.2 cm³/mol. The minimum atomic E-state index is -0.311. The first-order chi connectivity index (χ1) is 11.0. The lowest BCUT2D eigenvalue weighted by molar-refractivity contribution is 0.102. The number of anilines is 1. The Labute approximate surface area is 140 Å². The van der Waals surface area contributed by atoms with Crippen LogP contribution < -0.4 is 5.32 Å². The maximum Gasteiger partial charge on any atom is 0.274 e. The smallest absolute Gasteiger partial charge is 0.274 e. The van der Waals surface area contributed by atoms with Crippen LogP contribution in [0.1, 0.15) is 27.2 Å². The van der Waals surface area contributed by atoms with Gasteiger partial charge < -0.3 is 5.32 Å². The number of hydrogen-bond donors (Lipinski definition) is 2. The fraction of sp³-hybridized carbons (Fsp3) is 0.125. The Hall–Kier alpha value is -2.72. The maximum atomic E-state index is 12.5. The minimum absolute atomic E-state index is 0.311. The zero-order valence-electron chi connectivity index (χ0n) is 12.4. The number of amides is 1. The Morgan fingerprint density at radius 1 is 1.35 bits per heavy atom. The van der Waals surface area contributed by atoms with Gasteiger partial charge in [0, 0.05) is 17.3 Å². The monoisotopic (exact) mass is 369 g/mol. The van der Waals surface area contributed by atoms with Crippen LogP contribution in [-0.4, -0.2) is 21.1 Å². The predicted octanol–water partition coefficient (Wildman–Crippen LogP) is 3.46. The van der Waals surface area contributed by atoms with E-state index in [0.717, 1.165) is 16.5 Å². The lowest BCUT2D eigenvalue weighted by Crippen LogP contribution is -2.16.